The van der Waals surface area contributed by atoms with Gasteiger partial charge in [0, 0.05) is 5.56 Å². The van der Waals surface area contributed by atoms with Crippen molar-refractivity contribution in [1.82, 2.24) is 0 Å². The zero-order valence-electron chi connectivity index (χ0n) is 10.0. The Morgan fingerprint density at radius 2 is 2.06 bits per heavy atom. The highest BCUT2D eigenvalue weighted by Crippen LogP contribution is 2.25. The third-order valence-electron chi connectivity index (χ3n) is 2.33. The van der Waals surface area contributed by atoms with Crippen LogP contribution < -0.4 is 0 Å². The number of aryl methyl sites for hydroxylation is 1. The fourth-order valence-electron chi connectivity index (χ4n) is 1.49. The van der Waals surface area contributed by atoms with Crippen molar-refractivity contribution in [1.29, 1.82) is 0 Å². The number of allylic oxidation sites excluding steroid dienone is 5. The van der Waals surface area contributed by atoms with Crippen LogP contribution in [-0.4, -0.2) is 0 Å². The van der Waals surface area contributed by atoms with E-state index in [1.54, 1.807) is 12.1 Å². The largest absolute Gasteiger partial charge is 0.206 e. The molecule has 0 spiro atoms. The molecule has 0 N–H and O–H groups in total. The average Bonchev–Trinajstić information content (AvgIpc) is 2.20. The highest BCUT2D eigenvalue weighted by molar-refractivity contribution is 5.79. The van der Waals surface area contributed by atoms with Gasteiger partial charge in [0.25, 0.3) is 0 Å². The van der Waals surface area contributed by atoms with E-state index in [0.29, 0.717) is 5.56 Å². The molecule has 0 heterocycles. The van der Waals surface area contributed by atoms with E-state index in [9.17, 15) is 4.39 Å². The molecule has 0 saturated heterocycles. The fraction of sp³-hybridized carbons (Fsp3) is 0.200. The Kier molecular flexibility index (Phi) is 4.24. The molecule has 0 atom stereocenters. The average molecular weight is 216 g/mol. The Morgan fingerprint density at radius 1 is 1.38 bits per heavy atom. The van der Waals surface area contributed by atoms with Gasteiger partial charge in [0.2, 0.25) is 0 Å². The van der Waals surface area contributed by atoms with E-state index in [1.165, 1.54) is 0 Å². The second-order valence-corrected chi connectivity index (χ2v) is 3.87. The second kappa shape index (κ2) is 5.45. The topological polar surface area (TPSA) is 0 Å². The van der Waals surface area contributed by atoms with Gasteiger partial charge in [-0.3, -0.25) is 0 Å². The maximum atomic E-state index is 13.8. The first-order valence-corrected chi connectivity index (χ1v) is 5.31. The summed E-state index contributed by atoms with van der Waals surface area (Å²) in [4.78, 5) is 0. The molecule has 0 bridgehead atoms. The molecule has 1 heteroatoms. The highest BCUT2D eigenvalue weighted by atomic mass is 19.1. The summed E-state index contributed by atoms with van der Waals surface area (Å²) in [5, 5.41) is 0. The predicted octanol–water partition coefficient (Wildman–Crippen LogP) is 4.67. The number of hydrogen-bond acceptors (Lipinski definition) is 0. The van der Waals surface area contributed by atoms with Gasteiger partial charge in [-0.05, 0) is 38.0 Å². The maximum Gasteiger partial charge on any atom is 0.131 e. The van der Waals surface area contributed by atoms with Gasteiger partial charge in [-0.2, -0.15) is 0 Å². The van der Waals surface area contributed by atoms with E-state index < -0.39 is 0 Å². The lowest BCUT2D eigenvalue weighted by Crippen LogP contribution is -1.91. The van der Waals surface area contributed by atoms with Crippen LogP contribution in [0.4, 0.5) is 4.39 Å². The van der Waals surface area contributed by atoms with Gasteiger partial charge in [-0.25, -0.2) is 4.39 Å². The minimum atomic E-state index is -0.196. The lowest BCUT2D eigenvalue weighted by atomic mass is 9.98. The molecule has 1 aromatic carbocycles. The normalized spacial score (nSPS) is 12.1. The zero-order chi connectivity index (χ0) is 12.1. The first-order valence-electron chi connectivity index (χ1n) is 5.31. The molecule has 0 fully saturated rings. The number of benzene rings is 1. The molecule has 0 aromatic heterocycles. The zero-order valence-corrected chi connectivity index (χ0v) is 10.0. The Balaban J connectivity index is 3.27. The molecule has 0 aliphatic rings. The van der Waals surface area contributed by atoms with Crippen molar-refractivity contribution in [2.24, 2.45) is 0 Å². The SMILES string of the molecule is C=C(C)/C(=C\C=C/C)c1ccc(C)cc1F. The van der Waals surface area contributed by atoms with Gasteiger partial charge in [-0.15, -0.1) is 0 Å². The second-order valence-electron chi connectivity index (χ2n) is 3.87. The van der Waals surface area contributed by atoms with Gasteiger partial charge < -0.3 is 0 Å². The van der Waals surface area contributed by atoms with Gasteiger partial charge in [0.05, 0.1) is 0 Å². The van der Waals surface area contributed by atoms with Crippen LogP contribution in [0.3, 0.4) is 0 Å². The Hall–Kier alpha value is -1.63. The van der Waals surface area contributed by atoms with Crippen molar-refractivity contribution in [2.75, 3.05) is 0 Å². The van der Waals surface area contributed by atoms with Crippen molar-refractivity contribution >= 4 is 5.57 Å². The molecule has 0 unspecified atom stereocenters. The molecule has 16 heavy (non-hydrogen) atoms. The molecule has 0 saturated carbocycles. The van der Waals surface area contributed by atoms with Crippen LogP contribution in [0.1, 0.15) is 25.0 Å². The van der Waals surface area contributed by atoms with Gasteiger partial charge in [0.15, 0.2) is 0 Å². The summed E-state index contributed by atoms with van der Waals surface area (Å²) >= 11 is 0. The smallest absolute Gasteiger partial charge is 0.131 e. The Bertz CT molecular complexity index is 451. The lowest BCUT2D eigenvalue weighted by Gasteiger charge is -2.08. The molecule has 0 amide bonds. The van der Waals surface area contributed by atoms with Gasteiger partial charge in [0.1, 0.15) is 5.82 Å². The standard InChI is InChI=1S/C15H17F/c1-5-6-7-13(11(2)3)14-9-8-12(4)10-15(14)16/h5-10H,2H2,1,3-4H3/b6-5-,13-7+. The van der Waals surface area contributed by atoms with Crippen LogP contribution in [0.25, 0.3) is 5.57 Å². The van der Waals surface area contributed by atoms with Crippen molar-refractivity contribution in [3.05, 3.63) is 65.5 Å². The monoisotopic (exact) mass is 216 g/mol. The highest BCUT2D eigenvalue weighted by Gasteiger charge is 2.07. The summed E-state index contributed by atoms with van der Waals surface area (Å²) in [6, 6.07) is 5.25. The summed E-state index contributed by atoms with van der Waals surface area (Å²) < 4.78 is 13.8. The minimum Gasteiger partial charge on any atom is -0.206 e. The number of halogens is 1. The molecule has 0 aliphatic carbocycles. The third-order valence-corrected chi connectivity index (χ3v) is 2.33. The summed E-state index contributed by atoms with van der Waals surface area (Å²) in [6.45, 7) is 9.57. The van der Waals surface area contributed by atoms with E-state index in [4.69, 9.17) is 0 Å². The summed E-state index contributed by atoms with van der Waals surface area (Å²) in [5.41, 5.74) is 3.24. The van der Waals surface area contributed by atoms with Crippen LogP contribution in [0.15, 0.2) is 48.6 Å². The molecule has 1 aromatic rings. The molecule has 0 aliphatic heterocycles. The quantitative estimate of drug-likeness (QED) is 0.644. The van der Waals surface area contributed by atoms with Crippen LogP contribution >= 0.6 is 0 Å². The first-order chi connectivity index (χ1) is 7.56. The summed E-state index contributed by atoms with van der Waals surface area (Å²) in [7, 11) is 0. The van der Waals surface area contributed by atoms with Crippen molar-refractivity contribution in [3.8, 4) is 0 Å². The van der Waals surface area contributed by atoms with Crippen molar-refractivity contribution < 1.29 is 4.39 Å². The number of hydrogen-bond donors (Lipinski definition) is 0. The summed E-state index contributed by atoms with van der Waals surface area (Å²) in [5.74, 6) is -0.196. The first kappa shape index (κ1) is 12.4. The Morgan fingerprint density at radius 3 is 2.56 bits per heavy atom. The molecule has 0 radical (unpaired) electrons. The van der Waals surface area contributed by atoms with E-state index in [-0.39, 0.29) is 5.82 Å². The number of rotatable bonds is 3. The molecule has 84 valence electrons. The molecule has 0 nitrogen and oxygen atoms in total. The molecular weight excluding hydrogens is 199 g/mol. The minimum absolute atomic E-state index is 0.196. The van der Waals surface area contributed by atoms with Crippen molar-refractivity contribution in [3.63, 3.8) is 0 Å². The molecular formula is C15H17F. The van der Waals surface area contributed by atoms with Crippen LogP contribution in [-0.2, 0) is 0 Å². The third kappa shape index (κ3) is 2.93. The van der Waals surface area contributed by atoms with E-state index >= 15 is 0 Å². The Labute approximate surface area is 96.8 Å². The maximum absolute atomic E-state index is 13.8. The van der Waals surface area contributed by atoms with Gasteiger partial charge >= 0.3 is 0 Å². The predicted molar refractivity (Wildman–Crippen MR) is 68.7 cm³/mol. The van der Waals surface area contributed by atoms with Gasteiger partial charge in [-0.1, -0.05) is 42.5 Å². The van der Waals surface area contributed by atoms with Crippen LogP contribution in [0.2, 0.25) is 0 Å². The van der Waals surface area contributed by atoms with Crippen LogP contribution in [0.5, 0.6) is 0 Å². The van der Waals surface area contributed by atoms with Crippen molar-refractivity contribution in [2.45, 2.75) is 20.8 Å². The van der Waals surface area contributed by atoms with Crippen LogP contribution in [0, 0.1) is 12.7 Å². The lowest BCUT2D eigenvalue weighted by molar-refractivity contribution is 0.623. The van der Waals surface area contributed by atoms with E-state index in [0.717, 1.165) is 16.7 Å². The fourth-order valence-corrected chi connectivity index (χ4v) is 1.49. The van der Waals surface area contributed by atoms with E-state index in [1.807, 2.05) is 45.1 Å². The summed E-state index contributed by atoms with van der Waals surface area (Å²) in [6.07, 6.45) is 5.69. The van der Waals surface area contributed by atoms with E-state index in [2.05, 4.69) is 6.58 Å². The molecule has 1 rings (SSSR count).